The minimum Gasteiger partial charge on any atom is -0.496 e. The van der Waals surface area contributed by atoms with E-state index in [9.17, 15) is 14.7 Å². The number of hydrogen-bond acceptors (Lipinski definition) is 7. The fourth-order valence-electron chi connectivity index (χ4n) is 5.49. The maximum Gasteiger partial charge on any atom is 0.329 e. The molecule has 0 aliphatic carbocycles. The second kappa shape index (κ2) is 10.2. The first-order chi connectivity index (χ1) is 17.5. The Balaban J connectivity index is 1.93. The van der Waals surface area contributed by atoms with Crippen LogP contribution in [-0.4, -0.2) is 49.5 Å². The molecule has 1 aromatic carbocycles. The average molecular weight is 523 g/mol. The van der Waals surface area contributed by atoms with Crippen LogP contribution in [0, 0.1) is 5.92 Å². The molecule has 0 bridgehead atoms. The SMILES string of the molecule is COc1cc(C(=O)N2C(c3nccs3)C(c3cnccn3)CC2(CC(C)C)C(=O)O)ccc1C(C)(C)C. The number of carboxylic acids is 1. The van der Waals surface area contributed by atoms with Crippen LogP contribution in [0.1, 0.15) is 86.0 Å². The van der Waals surface area contributed by atoms with E-state index in [0.29, 0.717) is 28.4 Å². The zero-order valence-corrected chi connectivity index (χ0v) is 23.0. The van der Waals surface area contributed by atoms with Gasteiger partial charge in [0, 0.05) is 41.6 Å². The second-order valence-corrected chi connectivity index (χ2v) is 12.0. The molecule has 1 aliphatic heterocycles. The molecule has 0 spiro atoms. The van der Waals surface area contributed by atoms with Crippen molar-refractivity contribution in [2.75, 3.05) is 7.11 Å². The van der Waals surface area contributed by atoms with Crippen molar-refractivity contribution in [3.8, 4) is 5.75 Å². The fourth-order valence-corrected chi connectivity index (χ4v) is 6.28. The van der Waals surface area contributed by atoms with Gasteiger partial charge in [-0.15, -0.1) is 11.3 Å². The number of aliphatic carboxylic acids is 1. The van der Waals surface area contributed by atoms with Crippen LogP contribution in [0.2, 0.25) is 0 Å². The summed E-state index contributed by atoms with van der Waals surface area (Å²) in [6.45, 7) is 10.2. The number of likely N-dealkylation sites (tertiary alicyclic amines) is 1. The number of amides is 1. The molecular weight excluding hydrogens is 488 g/mol. The molecule has 9 heteroatoms. The van der Waals surface area contributed by atoms with Crippen LogP contribution in [0.25, 0.3) is 0 Å². The molecule has 4 rings (SSSR count). The van der Waals surface area contributed by atoms with E-state index in [-0.39, 0.29) is 29.6 Å². The number of methoxy groups -OCH3 is 1. The molecule has 3 heterocycles. The van der Waals surface area contributed by atoms with Gasteiger partial charge in [-0.2, -0.15) is 0 Å². The normalized spacial score (nSPS) is 21.9. The minimum absolute atomic E-state index is 0.0294. The van der Waals surface area contributed by atoms with Crippen molar-refractivity contribution in [2.45, 2.75) is 70.4 Å². The Morgan fingerprint density at radius 1 is 1.22 bits per heavy atom. The number of thiazole rings is 1. The van der Waals surface area contributed by atoms with Gasteiger partial charge in [-0.25, -0.2) is 9.78 Å². The molecular formula is C28H34N4O4S. The van der Waals surface area contributed by atoms with Gasteiger partial charge in [0.2, 0.25) is 0 Å². The van der Waals surface area contributed by atoms with E-state index < -0.39 is 17.6 Å². The van der Waals surface area contributed by atoms with Crippen LogP contribution in [0.4, 0.5) is 0 Å². The average Bonchev–Trinajstić information content (AvgIpc) is 3.49. The molecule has 3 aromatic rings. The van der Waals surface area contributed by atoms with Crippen molar-refractivity contribution >= 4 is 23.2 Å². The number of carbonyl (C=O) groups excluding carboxylic acids is 1. The maximum absolute atomic E-state index is 14.4. The second-order valence-electron chi connectivity index (χ2n) is 11.0. The summed E-state index contributed by atoms with van der Waals surface area (Å²) in [6, 6.07) is 4.78. The van der Waals surface area contributed by atoms with Crippen LogP contribution in [-0.2, 0) is 10.2 Å². The lowest BCUT2D eigenvalue weighted by Crippen LogP contribution is -2.54. The highest BCUT2D eigenvalue weighted by molar-refractivity contribution is 7.09. The third-order valence-corrected chi connectivity index (χ3v) is 7.81. The van der Waals surface area contributed by atoms with Crippen molar-refractivity contribution < 1.29 is 19.4 Å². The number of benzene rings is 1. The van der Waals surface area contributed by atoms with E-state index in [0.717, 1.165) is 5.56 Å². The van der Waals surface area contributed by atoms with E-state index >= 15 is 0 Å². The van der Waals surface area contributed by atoms with Crippen molar-refractivity contribution in [3.05, 3.63) is 70.2 Å². The van der Waals surface area contributed by atoms with Gasteiger partial charge in [-0.05, 0) is 41.9 Å². The predicted molar refractivity (Wildman–Crippen MR) is 142 cm³/mol. The summed E-state index contributed by atoms with van der Waals surface area (Å²) < 4.78 is 5.66. The van der Waals surface area contributed by atoms with Crippen LogP contribution >= 0.6 is 11.3 Å². The molecule has 1 N–H and O–H groups in total. The van der Waals surface area contributed by atoms with Gasteiger partial charge in [-0.1, -0.05) is 40.7 Å². The van der Waals surface area contributed by atoms with Crippen LogP contribution in [0.5, 0.6) is 5.75 Å². The maximum atomic E-state index is 14.4. The van der Waals surface area contributed by atoms with Gasteiger partial charge in [-0.3, -0.25) is 14.8 Å². The predicted octanol–water partition coefficient (Wildman–Crippen LogP) is 5.48. The first kappa shape index (κ1) is 26.7. The van der Waals surface area contributed by atoms with Crippen LogP contribution < -0.4 is 4.74 Å². The first-order valence-electron chi connectivity index (χ1n) is 12.4. The van der Waals surface area contributed by atoms with Gasteiger partial charge in [0.15, 0.2) is 0 Å². The highest BCUT2D eigenvalue weighted by Crippen LogP contribution is 2.54. The molecule has 1 fully saturated rings. The quantitative estimate of drug-likeness (QED) is 0.438. The number of ether oxygens (including phenoxy) is 1. The van der Waals surface area contributed by atoms with Gasteiger partial charge in [0.25, 0.3) is 5.91 Å². The molecule has 3 atom stereocenters. The summed E-state index contributed by atoms with van der Waals surface area (Å²) >= 11 is 1.41. The van der Waals surface area contributed by atoms with Gasteiger partial charge >= 0.3 is 5.97 Å². The molecule has 0 radical (unpaired) electrons. The summed E-state index contributed by atoms with van der Waals surface area (Å²) in [5.74, 6) is -1.15. The molecule has 1 amide bonds. The van der Waals surface area contributed by atoms with Gasteiger partial charge in [0.05, 0.1) is 18.8 Å². The zero-order chi connectivity index (χ0) is 27.0. The number of hydrogen-bond donors (Lipinski definition) is 1. The minimum atomic E-state index is -1.44. The van der Waals surface area contributed by atoms with E-state index in [1.165, 1.54) is 11.3 Å². The third kappa shape index (κ3) is 4.97. The molecule has 1 aliphatic rings. The highest BCUT2D eigenvalue weighted by atomic mass is 32.1. The molecule has 3 unspecified atom stereocenters. The fraction of sp³-hybridized carbons (Fsp3) is 0.464. The van der Waals surface area contributed by atoms with Gasteiger partial charge in [0.1, 0.15) is 16.3 Å². The van der Waals surface area contributed by atoms with Crippen molar-refractivity contribution in [3.63, 3.8) is 0 Å². The summed E-state index contributed by atoms with van der Waals surface area (Å²) in [5.41, 5.74) is 0.352. The first-order valence-corrected chi connectivity index (χ1v) is 13.3. The summed E-state index contributed by atoms with van der Waals surface area (Å²) in [6.07, 6.45) is 7.03. The number of carbonyl (C=O) groups is 2. The van der Waals surface area contributed by atoms with Crippen molar-refractivity contribution in [1.82, 2.24) is 19.9 Å². The molecule has 1 saturated heterocycles. The molecule has 0 saturated carbocycles. The molecule has 8 nitrogen and oxygen atoms in total. The van der Waals surface area contributed by atoms with Gasteiger partial charge < -0.3 is 14.7 Å². The van der Waals surface area contributed by atoms with Crippen molar-refractivity contribution in [1.29, 1.82) is 0 Å². The number of carboxylic acid groups (broad SMARTS) is 1. The largest absolute Gasteiger partial charge is 0.496 e. The molecule has 196 valence electrons. The lowest BCUT2D eigenvalue weighted by molar-refractivity contribution is -0.150. The lowest BCUT2D eigenvalue weighted by Gasteiger charge is -2.39. The Labute approximate surface area is 221 Å². The number of rotatable bonds is 7. The number of aromatic nitrogens is 3. The summed E-state index contributed by atoms with van der Waals surface area (Å²) in [4.78, 5) is 42.4. The molecule has 37 heavy (non-hydrogen) atoms. The Hall–Kier alpha value is -3.33. The van der Waals surface area contributed by atoms with Crippen LogP contribution in [0.15, 0.2) is 48.4 Å². The monoisotopic (exact) mass is 522 g/mol. The Bertz CT molecular complexity index is 1260. The Morgan fingerprint density at radius 2 is 1.97 bits per heavy atom. The topological polar surface area (TPSA) is 106 Å². The highest BCUT2D eigenvalue weighted by Gasteiger charge is 2.60. The third-order valence-electron chi connectivity index (χ3n) is 6.96. The summed E-state index contributed by atoms with van der Waals surface area (Å²) in [5, 5.41) is 13.3. The van der Waals surface area contributed by atoms with E-state index in [2.05, 4.69) is 35.7 Å². The van der Waals surface area contributed by atoms with E-state index in [4.69, 9.17) is 4.74 Å². The lowest BCUT2D eigenvalue weighted by atomic mass is 9.82. The van der Waals surface area contributed by atoms with E-state index in [1.807, 2.05) is 25.3 Å². The van der Waals surface area contributed by atoms with E-state index in [1.54, 1.807) is 48.9 Å². The standard InChI is InChI=1S/C28H34N4O4S/c1-17(2)14-28(26(34)35)15-19(21-16-29-9-10-30-21)23(24-31-11-12-37-24)32(28)25(33)18-7-8-20(27(3,4)5)22(13-18)36-6/h7-13,16-17,19,23H,14-15H2,1-6H3,(H,34,35). The smallest absolute Gasteiger partial charge is 0.329 e. The Morgan fingerprint density at radius 3 is 2.51 bits per heavy atom. The van der Waals surface area contributed by atoms with Crippen LogP contribution in [0.3, 0.4) is 0 Å². The van der Waals surface area contributed by atoms with Crippen molar-refractivity contribution in [2.24, 2.45) is 5.92 Å². The zero-order valence-electron chi connectivity index (χ0n) is 22.1. The Kier molecular flexibility index (Phi) is 7.37. The number of nitrogens with zero attached hydrogens (tertiary/aromatic N) is 4. The summed E-state index contributed by atoms with van der Waals surface area (Å²) in [7, 11) is 1.58. The molecule has 2 aromatic heterocycles.